The van der Waals surface area contributed by atoms with Gasteiger partial charge < -0.3 is 19.7 Å². The quantitative estimate of drug-likeness (QED) is 0.150. The van der Waals surface area contributed by atoms with E-state index >= 15 is 0 Å². The molecule has 0 spiro atoms. The van der Waals surface area contributed by atoms with Gasteiger partial charge in [0.2, 0.25) is 5.91 Å². The van der Waals surface area contributed by atoms with Crippen LogP contribution in [0.25, 0.3) is 33.4 Å². The molecule has 2 aromatic heterocycles. The zero-order valence-electron chi connectivity index (χ0n) is 22.3. The van der Waals surface area contributed by atoms with Gasteiger partial charge in [-0.3, -0.25) is 13.9 Å². The lowest BCUT2D eigenvalue weighted by Gasteiger charge is -2.34. The topological polar surface area (TPSA) is 120 Å². The number of carboxylic acids is 1. The van der Waals surface area contributed by atoms with Crippen molar-refractivity contribution in [2.45, 2.75) is 6.54 Å². The molecule has 3 N–H and O–H groups in total. The summed E-state index contributed by atoms with van der Waals surface area (Å²) in [4.78, 5) is 35.8. The largest absolute Gasteiger partial charge is 0.496 e. The smallest absolute Gasteiger partial charge is 0.335 e. The number of hydrogen-bond donors (Lipinski definition) is 3. The highest BCUT2D eigenvalue weighted by molar-refractivity contribution is 7.92. The third-order valence-electron chi connectivity index (χ3n) is 6.98. The van der Waals surface area contributed by atoms with Crippen LogP contribution < -0.4 is 9.46 Å². The Hall–Kier alpha value is -3.90. The number of amides is 1. The van der Waals surface area contributed by atoms with Crippen LogP contribution in [0.15, 0.2) is 60.8 Å². The van der Waals surface area contributed by atoms with Crippen LogP contribution in [0, 0.1) is 0 Å². The number of rotatable bonds is 10. The number of benzene rings is 2. The summed E-state index contributed by atoms with van der Waals surface area (Å²) in [6, 6.07) is 17.0. The molecule has 1 amide bonds. The third kappa shape index (κ3) is 6.13. The molecule has 0 unspecified atom stereocenters. The molecule has 208 valence electrons. The monoisotopic (exact) mass is 561 g/mol. The summed E-state index contributed by atoms with van der Waals surface area (Å²) in [5, 5.41) is 10.2. The Morgan fingerprint density at radius 2 is 1.82 bits per heavy atom. The molecule has 40 heavy (non-hydrogen) atoms. The van der Waals surface area contributed by atoms with Gasteiger partial charge in [0.25, 0.3) is 0 Å². The minimum atomic E-state index is -0.952. The van der Waals surface area contributed by atoms with Crippen molar-refractivity contribution in [3.05, 3.63) is 71.9 Å². The number of nitrogens with one attached hydrogen (secondary N) is 2. The maximum absolute atomic E-state index is 12.3. The molecule has 1 saturated heterocycles. The van der Waals surface area contributed by atoms with Crippen LogP contribution in [0.2, 0.25) is 0 Å². The predicted molar refractivity (Wildman–Crippen MR) is 155 cm³/mol. The summed E-state index contributed by atoms with van der Waals surface area (Å²) in [7, 11) is 3.40. The van der Waals surface area contributed by atoms with E-state index in [2.05, 4.69) is 37.8 Å². The minimum absolute atomic E-state index is 0.00116. The van der Waals surface area contributed by atoms with Crippen molar-refractivity contribution in [2.75, 3.05) is 46.9 Å². The van der Waals surface area contributed by atoms with E-state index in [0.717, 1.165) is 76.6 Å². The molecule has 0 atom stereocenters. The van der Waals surface area contributed by atoms with Crippen LogP contribution in [0.5, 0.6) is 5.75 Å². The van der Waals surface area contributed by atoms with Crippen molar-refractivity contribution in [2.24, 2.45) is 0 Å². The highest BCUT2D eigenvalue weighted by Crippen LogP contribution is 2.36. The molecule has 0 saturated carbocycles. The van der Waals surface area contributed by atoms with Gasteiger partial charge >= 0.3 is 5.97 Å². The van der Waals surface area contributed by atoms with E-state index in [1.54, 1.807) is 32.5 Å². The molecule has 2 aromatic carbocycles. The molecule has 0 radical (unpaired) electrons. The second-order valence-corrected chi connectivity index (χ2v) is 10.2. The Morgan fingerprint density at radius 1 is 1.05 bits per heavy atom. The number of pyridine rings is 1. The van der Waals surface area contributed by atoms with Crippen LogP contribution >= 0.6 is 12.2 Å². The number of carbonyl (C=O) groups is 2. The van der Waals surface area contributed by atoms with Gasteiger partial charge in [0, 0.05) is 49.9 Å². The van der Waals surface area contributed by atoms with Crippen molar-refractivity contribution >= 4 is 35.1 Å². The standard InChI is InChI=1S/C29H31N5O5S/c1-30-40-39-18-27(35)34-13-11-33(12-14-34)17-19-3-8-26(38-2)24(15-19)25-16-23-22(9-10-31-28(23)32-25)20-4-6-21(7-5-20)29(36)37/h3-10,15-16,30H,11-14,17-18H2,1-2H3,(H,31,32)(H,36,37). The van der Waals surface area contributed by atoms with Gasteiger partial charge in [-0.25, -0.2) is 14.5 Å². The summed E-state index contributed by atoms with van der Waals surface area (Å²) in [5.41, 5.74) is 5.80. The number of aromatic carboxylic acids is 1. The number of ether oxygens (including phenoxy) is 1. The Labute approximate surface area is 236 Å². The molecule has 0 bridgehead atoms. The zero-order chi connectivity index (χ0) is 28.1. The van der Waals surface area contributed by atoms with Crippen LogP contribution in [0.4, 0.5) is 0 Å². The minimum Gasteiger partial charge on any atom is -0.496 e. The van der Waals surface area contributed by atoms with E-state index < -0.39 is 5.97 Å². The fourth-order valence-electron chi connectivity index (χ4n) is 4.92. The van der Waals surface area contributed by atoms with Gasteiger partial charge in [0.1, 0.15) is 18.0 Å². The van der Waals surface area contributed by atoms with E-state index in [1.165, 1.54) is 0 Å². The van der Waals surface area contributed by atoms with Crippen molar-refractivity contribution in [1.29, 1.82) is 0 Å². The van der Waals surface area contributed by atoms with Crippen LogP contribution in [0.3, 0.4) is 0 Å². The van der Waals surface area contributed by atoms with E-state index in [4.69, 9.17) is 8.92 Å². The fraction of sp³-hybridized carbons (Fsp3) is 0.276. The molecule has 10 nitrogen and oxygen atoms in total. The molecule has 0 aliphatic carbocycles. The van der Waals surface area contributed by atoms with E-state index in [1.807, 2.05) is 29.2 Å². The third-order valence-corrected chi connectivity index (χ3v) is 7.39. The van der Waals surface area contributed by atoms with Gasteiger partial charge in [0.15, 0.2) is 0 Å². The maximum atomic E-state index is 12.3. The summed E-state index contributed by atoms with van der Waals surface area (Å²) < 4.78 is 13.7. The molecule has 11 heteroatoms. The lowest BCUT2D eigenvalue weighted by molar-refractivity contribution is -0.134. The van der Waals surface area contributed by atoms with Gasteiger partial charge in [-0.05, 0) is 60.1 Å². The first-order valence-electron chi connectivity index (χ1n) is 12.9. The number of hydrogen-bond acceptors (Lipinski definition) is 8. The van der Waals surface area contributed by atoms with Crippen LogP contribution in [-0.4, -0.2) is 83.7 Å². The number of H-pyrrole nitrogens is 1. The lowest BCUT2D eigenvalue weighted by atomic mass is 10.0. The van der Waals surface area contributed by atoms with Gasteiger partial charge in [0.05, 0.1) is 30.6 Å². The fourth-order valence-corrected chi connectivity index (χ4v) is 5.20. The summed E-state index contributed by atoms with van der Waals surface area (Å²) in [6.45, 7) is 3.71. The molecule has 5 rings (SSSR count). The Balaban J connectivity index is 1.34. The number of carbonyl (C=O) groups excluding carboxylic acids is 1. The van der Waals surface area contributed by atoms with E-state index in [0.29, 0.717) is 13.1 Å². The van der Waals surface area contributed by atoms with E-state index in [9.17, 15) is 14.7 Å². The summed E-state index contributed by atoms with van der Waals surface area (Å²) in [6.07, 6.45) is 1.74. The number of carboxylic acid groups (broad SMARTS) is 1. The number of fused-ring (bicyclic) bond motifs is 1. The Morgan fingerprint density at radius 3 is 2.52 bits per heavy atom. The number of aromatic amines is 1. The second kappa shape index (κ2) is 12.5. The van der Waals surface area contributed by atoms with Crippen molar-refractivity contribution in [1.82, 2.24) is 24.5 Å². The second-order valence-electron chi connectivity index (χ2n) is 9.43. The van der Waals surface area contributed by atoms with Crippen molar-refractivity contribution in [3.8, 4) is 28.1 Å². The highest BCUT2D eigenvalue weighted by atomic mass is 32.2. The van der Waals surface area contributed by atoms with Gasteiger partial charge in [-0.1, -0.05) is 18.2 Å². The van der Waals surface area contributed by atoms with Crippen LogP contribution in [0.1, 0.15) is 15.9 Å². The lowest BCUT2D eigenvalue weighted by Crippen LogP contribution is -2.49. The molecule has 3 heterocycles. The van der Waals surface area contributed by atoms with Crippen molar-refractivity contribution < 1.29 is 23.6 Å². The number of nitrogens with zero attached hydrogens (tertiary/aromatic N) is 3. The van der Waals surface area contributed by atoms with Crippen molar-refractivity contribution in [3.63, 3.8) is 0 Å². The SMILES string of the molecule is CNSOCC(=O)N1CCN(Cc2ccc(OC)c(-c3cc4c(-c5ccc(C(=O)O)cc5)ccnc4[nH]3)c2)CC1. The first-order chi connectivity index (χ1) is 19.5. The maximum Gasteiger partial charge on any atom is 0.335 e. The molecular weight excluding hydrogens is 530 g/mol. The zero-order valence-corrected chi connectivity index (χ0v) is 23.2. The summed E-state index contributed by atoms with van der Waals surface area (Å²) in [5.74, 6) is -0.206. The van der Waals surface area contributed by atoms with Gasteiger partial charge in [-0.2, -0.15) is 0 Å². The predicted octanol–water partition coefficient (Wildman–Crippen LogP) is 4.05. The molecule has 1 aliphatic heterocycles. The highest BCUT2D eigenvalue weighted by Gasteiger charge is 2.22. The number of piperazine rings is 1. The molecule has 4 aromatic rings. The number of aromatic nitrogens is 2. The molecule has 1 fully saturated rings. The first-order valence-corrected chi connectivity index (χ1v) is 13.6. The average Bonchev–Trinajstić information content (AvgIpc) is 3.42. The van der Waals surface area contributed by atoms with E-state index in [-0.39, 0.29) is 18.1 Å². The molecular formula is C29H31N5O5S. The normalized spacial score (nSPS) is 14.0. The Kier molecular flexibility index (Phi) is 8.66. The van der Waals surface area contributed by atoms with Crippen LogP contribution in [-0.2, 0) is 15.5 Å². The average molecular weight is 562 g/mol. The Bertz CT molecular complexity index is 1500. The first kappa shape index (κ1) is 27.7. The number of methoxy groups -OCH3 is 1. The molecule has 1 aliphatic rings. The summed E-state index contributed by atoms with van der Waals surface area (Å²) >= 11 is 1.06. The van der Waals surface area contributed by atoms with Gasteiger partial charge in [-0.15, -0.1) is 0 Å².